The number of hydrogen-bond acceptors (Lipinski definition) is 9. The van der Waals surface area contributed by atoms with Gasteiger partial charge in [0.15, 0.2) is 11.4 Å². The molecule has 0 saturated heterocycles. The van der Waals surface area contributed by atoms with Crippen molar-refractivity contribution in [1.82, 2.24) is 4.90 Å². The number of benzene rings is 1. The average molecular weight is 584 g/mol. The van der Waals surface area contributed by atoms with Gasteiger partial charge in [-0.3, -0.25) is 19.3 Å². The molecule has 0 aromatic heterocycles. The lowest BCUT2D eigenvalue weighted by Gasteiger charge is -2.46. The van der Waals surface area contributed by atoms with Gasteiger partial charge in [0.25, 0.3) is 5.91 Å². The molecule has 230 valence electrons. The van der Waals surface area contributed by atoms with Crippen LogP contribution in [0.1, 0.15) is 81.9 Å². The van der Waals surface area contributed by atoms with Gasteiger partial charge >= 0.3 is 0 Å². The fourth-order valence-corrected chi connectivity index (χ4v) is 6.92. The zero-order valence-corrected chi connectivity index (χ0v) is 25.2. The summed E-state index contributed by atoms with van der Waals surface area (Å²) in [7, 11) is 3.76. The second kappa shape index (κ2) is 12.5. The third kappa shape index (κ3) is 5.42. The number of primary amides is 1. The Hall–Kier alpha value is -3.37. The lowest BCUT2D eigenvalue weighted by Crippen LogP contribution is -2.58. The summed E-state index contributed by atoms with van der Waals surface area (Å²) in [5.74, 6) is -6.11. The molecule has 42 heavy (non-hydrogen) atoms. The second-order valence-electron chi connectivity index (χ2n) is 12.2. The summed E-state index contributed by atoms with van der Waals surface area (Å²) in [4.78, 5) is 42.6. The van der Waals surface area contributed by atoms with Crippen LogP contribution >= 0.6 is 0 Å². The highest BCUT2D eigenvalue weighted by Crippen LogP contribution is 2.53. The molecule has 6 N–H and O–H groups in total. The summed E-state index contributed by atoms with van der Waals surface area (Å²) in [6.45, 7) is 6.53. The molecular weight excluding hydrogens is 538 g/mol. The number of unbranched alkanes of at least 4 members (excludes halogenated alkanes) is 4. The van der Waals surface area contributed by atoms with E-state index in [1.54, 1.807) is 0 Å². The van der Waals surface area contributed by atoms with E-state index in [0.717, 1.165) is 57.3 Å². The van der Waals surface area contributed by atoms with Gasteiger partial charge in [-0.1, -0.05) is 39.5 Å². The third-order valence-corrected chi connectivity index (χ3v) is 9.15. The van der Waals surface area contributed by atoms with Gasteiger partial charge in [-0.2, -0.15) is 0 Å². The number of aliphatic hydroxyl groups is 3. The first-order valence-electron chi connectivity index (χ1n) is 15.1. The monoisotopic (exact) mass is 583 g/mol. The summed E-state index contributed by atoms with van der Waals surface area (Å²) in [6, 6.07) is 1.94. The number of aliphatic hydroxyl groups excluding tert-OH is 2. The van der Waals surface area contributed by atoms with Gasteiger partial charge in [0.2, 0.25) is 5.78 Å². The first-order chi connectivity index (χ1) is 19.9. The number of phenols is 1. The van der Waals surface area contributed by atoms with Gasteiger partial charge in [-0.05, 0) is 56.3 Å². The Morgan fingerprint density at radius 1 is 1.02 bits per heavy atom. The van der Waals surface area contributed by atoms with Crippen molar-refractivity contribution in [2.24, 2.45) is 17.6 Å². The number of carbonyl (C=O) groups is 3. The first-order valence-corrected chi connectivity index (χ1v) is 15.1. The fraction of sp³-hybridized carbons (Fsp3) is 0.594. The van der Waals surface area contributed by atoms with Crippen molar-refractivity contribution in [2.75, 3.05) is 32.1 Å². The lowest BCUT2D eigenvalue weighted by molar-refractivity contribution is -0.147. The highest BCUT2D eigenvalue weighted by Gasteiger charge is 2.60. The Bertz CT molecular complexity index is 1320. The number of anilines is 1. The number of amides is 1. The molecule has 0 radical (unpaired) electrons. The number of phenolic OH excluding ortho intramolecular Hbond substituents is 1. The molecule has 0 aliphatic heterocycles. The molecule has 10 nitrogen and oxygen atoms in total. The minimum atomic E-state index is -2.57. The molecule has 0 spiro atoms. The van der Waals surface area contributed by atoms with Gasteiger partial charge in [0.1, 0.15) is 22.8 Å². The molecule has 10 heteroatoms. The van der Waals surface area contributed by atoms with Crippen LogP contribution in [0.5, 0.6) is 5.75 Å². The van der Waals surface area contributed by atoms with Crippen LogP contribution in [-0.4, -0.2) is 75.6 Å². The Balaban J connectivity index is 1.81. The molecule has 0 heterocycles. The molecule has 3 atom stereocenters. The zero-order valence-electron chi connectivity index (χ0n) is 25.2. The fourth-order valence-electron chi connectivity index (χ4n) is 6.92. The van der Waals surface area contributed by atoms with Gasteiger partial charge in [0, 0.05) is 49.8 Å². The molecule has 1 aromatic carbocycles. The van der Waals surface area contributed by atoms with Crippen molar-refractivity contribution in [3.8, 4) is 5.75 Å². The summed E-state index contributed by atoms with van der Waals surface area (Å²) in [5.41, 5.74) is 4.06. The van der Waals surface area contributed by atoms with Crippen LogP contribution in [0.15, 0.2) is 23.0 Å². The summed E-state index contributed by atoms with van der Waals surface area (Å²) >= 11 is 0. The number of ketones is 2. The van der Waals surface area contributed by atoms with Gasteiger partial charge in [0.05, 0.1) is 5.56 Å². The van der Waals surface area contributed by atoms with Crippen molar-refractivity contribution in [2.45, 2.75) is 83.8 Å². The number of fused-ring (bicyclic) bond motifs is 3. The standard InChI is InChI=1S/C32H45N3O7/c1-5-7-9-11-35(12-10-8-6-2)17-19-15-22(34(3)4)21-14-18-13-20-16-23(36)26(31(33)41)30(40)32(20,42)29(39)24(18)28(38)25(21)27(19)37/h15,18,20,37-38,40,42H,5-14,16-17H2,1-4H3,(H2,33,41). The van der Waals surface area contributed by atoms with Crippen LogP contribution in [0.3, 0.4) is 0 Å². The number of hydrogen-bond donors (Lipinski definition) is 5. The van der Waals surface area contributed by atoms with Crippen molar-refractivity contribution >= 4 is 28.9 Å². The highest BCUT2D eigenvalue weighted by molar-refractivity contribution is 6.22. The maximum absolute atomic E-state index is 13.9. The van der Waals surface area contributed by atoms with Crippen LogP contribution in [0.4, 0.5) is 5.69 Å². The van der Waals surface area contributed by atoms with Crippen LogP contribution < -0.4 is 10.6 Å². The van der Waals surface area contributed by atoms with E-state index in [0.29, 0.717) is 17.7 Å². The molecule has 3 unspecified atom stereocenters. The van der Waals surface area contributed by atoms with Gasteiger partial charge in [-0.25, -0.2) is 0 Å². The molecule has 1 amide bonds. The molecular formula is C32H45N3O7. The predicted octanol–water partition coefficient (Wildman–Crippen LogP) is 3.67. The van der Waals surface area contributed by atoms with Crippen molar-refractivity contribution in [1.29, 1.82) is 0 Å². The minimum Gasteiger partial charge on any atom is -0.508 e. The van der Waals surface area contributed by atoms with E-state index in [-0.39, 0.29) is 36.1 Å². The topological polar surface area (TPSA) is 165 Å². The smallest absolute Gasteiger partial charge is 0.255 e. The summed E-state index contributed by atoms with van der Waals surface area (Å²) in [5, 5.41) is 45.6. The maximum Gasteiger partial charge on any atom is 0.255 e. The number of nitrogens with two attached hydrogens (primary N) is 1. The van der Waals surface area contributed by atoms with E-state index in [1.165, 1.54) is 0 Å². The Morgan fingerprint density at radius 3 is 2.19 bits per heavy atom. The quantitative estimate of drug-likeness (QED) is 0.182. The molecule has 1 fully saturated rings. The largest absolute Gasteiger partial charge is 0.508 e. The number of carbonyl (C=O) groups excluding carboxylic acids is 3. The average Bonchev–Trinajstić information content (AvgIpc) is 2.91. The maximum atomic E-state index is 13.9. The minimum absolute atomic E-state index is 0.112. The molecule has 4 rings (SSSR count). The Morgan fingerprint density at radius 2 is 1.64 bits per heavy atom. The van der Waals surface area contributed by atoms with Gasteiger partial charge in [-0.15, -0.1) is 0 Å². The molecule has 0 bridgehead atoms. The molecule has 3 aliphatic rings. The summed E-state index contributed by atoms with van der Waals surface area (Å²) in [6.07, 6.45) is 6.54. The van der Waals surface area contributed by atoms with E-state index in [4.69, 9.17) is 5.73 Å². The van der Waals surface area contributed by atoms with Crippen molar-refractivity contribution in [3.05, 3.63) is 39.7 Å². The van der Waals surface area contributed by atoms with Crippen molar-refractivity contribution in [3.63, 3.8) is 0 Å². The van der Waals surface area contributed by atoms with Gasteiger partial charge < -0.3 is 31.1 Å². The van der Waals surface area contributed by atoms with Crippen LogP contribution in [-0.2, 0) is 27.3 Å². The Labute approximate surface area is 247 Å². The van der Waals surface area contributed by atoms with E-state index >= 15 is 0 Å². The van der Waals surface area contributed by atoms with Crippen LogP contribution in [0, 0.1) is 11.8 Å². The number of aromatic hydroxyl groups is 1. The first kappa shape index (κ1) is 31.6. The number of rotatable bonds is 12. The van der Waals surface area contributed by atoms with Crippen molar-refractivity contribution < 1.29 is 34.8 Å². The number of Topliss-reactive ketones (excluding diaryl/α,β-unsaturated/α-hetero) is 2. The highest BCUT2D eigenvalue weighted by atomic mass is 16.3. The van der Waals surface area contributed by atoms with E-state index < -0.39 is 52.0 Å². The van der Waals surface area contributed by atoms with E-state index in [9.17, 15) is 34.8 Å². The normalized spacial score (nSPS) is 23.7. The predicted molar refractivity (Wildman–Crippen MR) is 160 cm³/mol. The summed E-state index contributed by atoms with van der Waals surface area (Å²) < 4.78 is 0. The van der Waals surface area contributed by atoms with E-state index in [2.05, 4.69) is 18.7 Å². The van der Waals surface area contributed by atoms with Crippen LogP contribution in [0.25, 0.3) is 5.76 Å². The second-order valence-corrected chi connectivity index (χ2v) is 12.2. The SMILES string of the molecule is CCCCCN(CCCCC)Cc1cc(N(C)C)c2c(c1O)C(O)=C1C(=O)C3(O)C(O)=C(C(N)=O)C(=O)CC3CC1C2. The zero-order chi connectivity index (χ0) is 30.9. The molecule has 1 saturated carbocycles. The van der Waals surface area contributed by atoms with E-state index in [1.807, 2.05) is 25.1 Å². The lowest BCUT2D eigenvalue weighted by atomic mass is 9.59. The molecule has 3 aliphatic carbocycles. The molecule has 1 aromatic rings. The Kier molecular flexibility index (Phi) is 9.37. The number of nitrogens with zero attached hydrogens (tertiary/aromatic N) is 2. The van der Waals surface area contributed by atoms with Crippen LogP contribution in [0.2, 0.25) is 0 Å². The third-order valence-electron chi connectivity index (χ3n) is 9.15.